The van der Waals surface area contributed by atoms with Gasteiger partial charge in [0.1, 0.15) is 17.2 Å². The molecule has 0 aromatic heterocycles. The number of nitrogens with two attached hydrogens (primary N) is 1. The fourth-order valence-electron chi connectivity index (χ4n) is 2.25. The average Bonchev–Trinajstić information content (AvgIpc) is 2.65. The van der Waals surface area contributed by atoms with Crippen molar-refractivity contribution in [2.75, 3.05) is 5.73 Å². The summed E-state index contributed by atoms with van der Waals surface area (Å²) in [4.78, 5) is 0. The molecule has 3 aromatic carbocycles. The lowest BCUT2D eigenvalue weighted by molar-refractivity contribution is 0.464. The molecule has 0 radical (unpaired) electrons. The first-order valence-corrected chi connectivity index (χ1v) is 7.57. The van der Waals surface area contributed by atoms with Gasteiger partial charge in [0.25, 0.3) is 0 Å². The predicted octanol–water partition coefficient (Wildman–Crippen LogP) is 4.82. The summed E-state index contributed by atoms with van der Waals surface area (Å²) >= 11 is 0. The van der Waals surface area contributed by atoms with E-state index in [0.29, 0.717) is 28.7 Å². The molecule has 0 atom stereocenters. The highest BCUT2D eigenvalue weighted by atomic mass is 16.5. The first kappa shape index (κ1) is 16.1. The maximum Gasteiger partial charge on any atom is 0.154 e. The monoisotopic (exact) mass is 325 g/mol. The Bertz CT molecular complexity index is 916. The lowest BCUT2D eigenvalue weighted by atomic mass is 10.2. The summed E-state index contributed by atoms with van der Waals surface area (Å²) in [5.41, 5.74) is 8.04. The largest absolute Gasteiger partial charge is 0.455 e. The Kier molecular flexibility index (Phi) is 4.60. The smallest absolute Gasteiger partial charge is 0.154 e. The Morgan fingerprint density at radius 2 is 1.12 bits per heavy atom. The summed E-state index contributed by atoms with van der Waals surface area (Å²) in [5, 5.41) is 0. The molecule has 3 aromatic rings. The highest BCUT2D eigenvalue weighted by Gasteiger charge is 2.10. The summed E-state index contributed by atoms with van der Waals surface area (Å²) in [6, 6.07) is 19.8. The number of terminal acetylenes is 2. The Morgan fingerprint density at radius 1 is 0.680 bits per heavy atom. The minimum Gasteiger partial charge on any atom is -0.455 e. The topological polar surface area (TPSA) is 44.5 Å². The van der Waals surface area contributed by atoms with Crippen LogP contribution in [-0.2, 0) is 0 Å². The van der Waals surface area contributed by atoms with Gasteiger partial charge in [0.2, 0.25) is 0 Å². The molecule has 120 valence electrons. The van der Waals surface area contributed by atoms with Gasteiger partial charge < -0.3 is 15.2 Å². The summed E-state index contributed by atoms with van der Waals surface area (Å²) in [5.74, 6) is 7.32. The SMILES string of the molecule is C#Cc1cccc(Oc2cccc(Oc3cccc(C#C)c3)c2N)c1. The van der Waals surface area contributed by atoms with Crippen LogP contribution in [0.15, 0.2) is 66.7 Å². The number of anilines is 1. The van der Waals surface area contributed by atoms with Gasteiger partial charge in [-0.1, -0.05) is 30.0 Å². The van der Waals surface area contributed by atoms with E-state index in [2.05, 4.69) is 11.8 Å². The van der Waals surface area contributed by atoms with Crippen LogP contribution in [0.2, 0.25) is 0 Å². The third-order valence-corrected chi connectivity index (χ3v) is 3.48. The molecule has 0 spiro atoms. The van der Waals surface area contributed by atoms with Crippen LogP contribution in [0.5, 0.6) is 23.0 Å². The fraction of sp³-hybridized carbons (Fsp3) is 0. The van der Waals surface area contributed by atoms with Crippen molar-refractivity contribution in [3.8, 4) is 47.7 Å². The summed E-state index contributed by atoms with van der Waals surface area (Å²) in [7, 11) is 0. The van der Waals surface area contributed by atoms with E-state index < -0.39 is 0 Å². The van der Waals surface area contributed by atoms with Crippen LogP contribution < -0.4 is 15.2 Å². The van der Waals surface area contributed by atoms with Gasteiger partial charge in [0, 0.05) is 11.1 Å². The van der Waals surface area contributed by atoms with Crippen molar-refractivity contribution >= 4 is 5.69 Å². The molecule has 3 rings (SSSR count). The fourth-order valence-corrected chi connectivity index (χ4v) is 2.25. The van der Waals surface area contributed by atoms with Gasteiger partial charge in [0.15, 0.2) is 11.5 Å². The predicted molar refractivity (Wildman–Crippen MR) is 99.8 cm³/mol. The minimum absolute atomic E-state index is 0.389. The molecule has 0 saturated carbocycles. The molecule has 25 heavy (non-hydrogen) atoms. The Hall–Kier alpha value is -3.82. The maximum absolute atomic E-state index is 6.19. The molecule has 0 amide bonds. The number of rotatable bonds is 4. The second-order valence-corrected chi connectivity index (χ2v) is 5.22. The van der Waals surface area contributed by atoms with E-state index in [1.54, 1.807) is 30.3 Å². The molecule has 0 aliphatic rings. The minimum atomic E-state index is 0.389. The number of nitrogen functional groups attached to an aromatic ring is 1. The highest BCUT2D eigenvalue weighted by Crippen LogP contribution is 2.37. The lowest BCUT2D eigenvalue weighted by Gasteiger charge is -2.13. The maximum atomic E-state index is 6.19. The zero-order valence-electron chi connectivity index (χ0n) is 13.4. The zero-order valence-corrected chi connectivity index (χ0v) is 13.4. The second kappa shape index (κ2) is 7.17. The molecule has 0 bridgehead atoms. The molecular formula is C22H15NO2. The standard InChI is InChI=1S/C22H15NO2/c1-3-16-8-5-10-18(14-16)24-20-12-7-13-21(22(20)23)25-19-11-6-9-17(4-2)15-19/h1-2,5-15H,23H2. The van der Waals surface area contributed by atoms with Crippen LogP contribution in [-0.4, -0.2) is 0 Å². The van der Waals surface area contributed by atoms with Gasteiger partial charge in [-0.3, -0.25) is 0 Å². The molecule has 3 heteroatoms. The van der Waals surface area contributed by atoms with Crippen LogP contribution in [0.3, 0.4) is 0 Å². The molecule has 3 nitrogen and oxygen atoms in total. The third kappa shape index (κ3) is 3.75. The molecule has 0 unspecified atom stereocenters. The molecule has 0 aliphatic heterocycles. The normalized spacial score (nSPS) is 9.68. The highest BCUT2D eigenvalue weighted by molar-refractivity contribution is 5.64. The Labute approximate surface area is 147 Å². The average molecular weight is 325 g/mol. The van der Waals surface area contributed by atoms with Crippen LogP contribution in [0.1, 0.15) is 11.1 Å². The number of para-hydroxylation sites is 1. The third-order valence-electron chi connectivity index (χ3n) is 3.48. The van der Waals surface area contributed by atoms with Gasteiger partial charge in [-0.05, 0) is 48.5 Å². The van der Waals surface area contributed by atoms with Crippen molar-refractivity contribution in [1.82, 2.24) is 0 Å². The molecule has 0 heterocycles. The number of ether oxygens (including phenoxy) is 2. The number of hydrogen-bond acceptors (Lipinski definition) is 3. The summed E-state index contributed by atoms with van der Waals surface area (Å²) in [6.07, 6.45) is 10.8. The number of benzene rings is 3. The van der Waals surface area contributed by atoms with Crippen LogP contribution >= 0.6 is 0 Å². The van der Waals surface area contributed by atoms with Crippen LogP contribution in [0.4, 0.5) is 5.69 Å². The van der Waals surface area contributed by atoms with E-state index in [1.165, 1.54) is 0 Å². The Morgan fingerprint density at radius 3 is 1.56 bits per heavy atom. The molecule has 2 N–H and O–H groups in total. The zero-order chi connectivity index (χ0) is 17.6. The van der Waals surface area contributed by atoms with Crippen LogP contribution in [0.25, 0.3) is 0 Å². The van der Waals surface area contributed by atoms with Crippen molar-refractivity contribution in [1.29, 1.82) is 0 Å². The van der Waals surface area contributed by atoms with Crippen molar-refractivity contribution in [3.05, 3.63) is 77.9 Å². The van der Waals surface area contributed by atoms with Gasteiger partial charge in [-0.2, -0.15) is 0 Å². The first-order valence-electron chi connectivity index (χ1n) is 7.57. The first-order chi connectivity index (χ1) is 12.2. The number of hydrogen-bond donors (Lipinski definition) is 1. The Balaban J connectivity index is 1.87. The van der Waals surface area contributed by atoms with Gasteiger partial charge in [-0.25, -0.2) is 0 Å². The summed E-state index contributed by atoms with van der Waals surface area (Å²) < 4.78 is 11.7. The van der Waals surface area contributed by atoms with Gasteiger partial charge in [-0.15, -0.1) is 12.8 Å². The molecule has 0 aliphatic carbocycles. The van der Waals surface area contributed by atoms with E-state index in [0.717, 1.165) is 11.1 Å². The molecule has 0 fully saturated rings. The van der Waals surface area contributed by atoms with E-state index in [9.17, 15) is 0 Å². The van der Waals surface area contributed by atoms with Gasteiger partial charge in [0.05, 0.1) is 0 Å². The van der Waals surface area contributed by atoms with Crippen molar-refractivity contribution < 1.29 is 9.47 Å². The van der Waals surface area contributed by atoms with Crippen molar-refractivity contribution in [3.63, 3.8) is 0 Å². The van der Waals surface area contributed by atoms with Gasteiger partial charge >= 0.3 is 0 Å². The molecular weight excluding hydrogens is 310 g/mol. The lowest BCUT2D eigenvalue weighted by Crippen LogP contribution is -1.96. The van der Waals surface area contributed by atoms with E-state index >= 15 is 0 Å². The van der Waals surface area contributed by atoms with Crippen molar-refractivity contribution in [2.24, 2.45) is 0 Å². The van der Waals surface area contributed by atoms with Crippen molar-refractivity contribution in [2.45, 2.75) is 0 Å². The van der Waals surface area contributed by atoms with Crippen LogP contribution in [0, 0.1) is 24.7 Å². The van der Waals surface area contributed by atoms with E-state index in [4.69, 9.17) is 28.1 Å². The second-order valence-electron chi connectivity index (χ2n) is 5.22. The summed E-state index contributed by atoms with van der Waals surface area (Å²) in [6.45, 7) is 0. The molecule has 0 saturated heterocycles. The quantitative estimate of drug-likeness (QED) is 0.553. The van der Waals surface area contributed by atoms with E-state index in [1.807, 2.05) is 36.4 Å². The van der Waals surface area contributed by atoms with E-state index in [-0.39, 0.29) is 0 Å².